The van der Waals surface area contributed by atoms with Crippen molar-refractivity contribution in [3.8, 4) is 0 Å². The summed E-state index contributed by atoms with van der Waals surface area (Å²) in [5.41, 5.74) is 0. The van der Waals surface area contributed by atoms with E-state index in [1.807, 2.05) is 0 Å². The van der Waals surface area contributed by atoms with Crippen LogP contribution in [-0.2, 0) is 23.8 Å². The van der Waals surface area contributed by atoms with Crippen molar-refractivity contribution in [2.45, 2.75) is 6.92 Å². The molecule has 0 aromatic carbocycles. The lowest BCUT2D eigenvalue weighted by Gasteiger charge is -1.99. The van der Waals surface area contributed by atoms with Crippen molar-refractivity contribution in [2.24, 2.45) is 0 Å². The summed E-state index contributed by atoms with van der Waals surface area (Å²) in [5.74, 6) is -1.84. The molecular weight excluding hydrogens is 164 g/mol. The van der Waals surface area contributed by atoms with E-state index in [0.29, 0.717) is 0 Å². The number of esters is 1. The Balaban J connectivity index is 2.52. The van der Waals surface area contributed by atoms with Gasteiger partial charge in [0.2, 0.25) is 12.6 Å². The fraction of sp³-hybridized carbons (Fsp3) is 0.429. The van der Waals surface area contributed by atoms with Crippen molar-refractivity contribution in [2.75, 3.05) is 13.4 Å². The second kappa shape index (κ2) is 3.75. The van der Waals surface area contributed by atoms with Gasteiger partial charge < -0.3 is 14.2 Å². The van der Waals surface area contributed by atoms with Gasteiger partial charge >= 0.3 is 11.8 Å². The van der Waals surface area contributed by atoms with E-state index in [2.05, 4.69) is 14.2 Å². The molecule has 0 saturated heterocycles. The minimum Gasteiger partial charge on any atom is -0.461 e. The molecule has 0 unspecified atom stereocenters. The lowest BCUT2D eigenvalue weighted by Crippen LogP contribution is -2.19. The third kappa shape index (κ3) is 1.75. The highest BCUT2D eigenvalue weighted by Gasteiger charge is 2.24. The zero-order valence-electron chi connectivity index (χ0n) is 6.53. The van der Waals surface area contributed by atoms with Gasteiger partial charge in [0.25, 0.3) is 0 Å². The van der Waals surface area contributed by atoms with Crippen molar-refractivity contribution < 1.29 is 23.8 Å². The van der Waals surface area contributed by atoms with Crippen LogP contribution in [0.3, 0.4) is 0 Å². The number of rotatable bonds is 3. The molecule has 0 radical (unpaired) electrons. The Bertz CT molecular complexity index is 230. The van der Waals surface area contributed by atoms with Crippen LogP contribution in [0.4, 0.5) is 0 Å². The number of hydrogen-bond donors (Lipinski definition) is 0. The zero-order chi connectivity index (χ0) is 8.97. The maximum Gasteiger partial charge on any atom is 0.383 e. The van der Waals surface area contributed by atoms with Crippen LogP contribution >= 0.6 is 0 Å². The van der Waals surface area contributed by atoms with Gasteiger partial charge in [0.15, 0.2) is 0 Å². The first kappa shape index (κ1) is 8.58. The number of carbonyl (C=O) groups excluding carboxylic acids is 2. The van der Waals surface area contributed by atoms with E-state index in [4.69, 9.17) is 0 Å². The van der Waals surface area contributed by atoms with Gasteiger partial charge in [-0.1, -0.05) is 0 Å². The van der Waals surface area contributed by atoms with Crippen LogP contribution in [0, 0.1) is 0 Å². The molecule has 5 nitrogen and oxygen atoms in total. The van der Waals surface area contributed by atoms with E-state index in [0.717, 1.165) is 6.26 Å². The molecule has 0 atom stereocenters. The van der Waals surface area contributed by atoms with E-state index in [1.54, 1.807) is 6.92 Å². The van der Waals surface area contributed by atoms with Gasteiger partial charge in [0, 0.05) is 0 Å². The summed E-state index contributed by atoms with van der Waals surface area (Å²) in [6.07, 6.45) is 1.10. The molecule has 0 bridgehead atoms. The molecule has 1 heterocycles. The van der Waals surface area contributed by atoms with Crippen LogP contribution < -0.4 is 0 Å². The number of hydrogen-bond acceptors (Lipinski definition) is 5. The monoisotopic (exact) mass is 172 g/mol. The van der Waals surface area contributed by atoms with Gasteiger partial charge in [-0.05, 0) is 6.92 Å². The summed E-state index contributed by atoms with van der Waals surface area (Å²) in [5, 5.41) is 0. The Hall–Kier alpha value is -1.52. The van der Waals surface area contributed by atoms with Crippen molar-refractivity contribution >= 4 is 11.8 Å². The molecule has 5 heteroatoms. The Morgan fingerprint density at radius 2 is 2.42 bits per heavy atom. The van der Waals surface area contributed by atoms with E-state index >= 15 is 0 Å². The number of carbonyl (C=O) groups is 2. The molecule has 0 spiro atoms. The highest BCUT2D eigenvalue weighted by Crippen LogP contribution is 2.07. The van der Waals surface area contributed by atoms with Crippen LogP contribution in [0.15, 0.2) is 12.0 Å². The van der Waals surface area contributed by atoms with E-state index in [1.165, 1.54) is 0 Å². The third-order valence-electron chi connectivity index (χ3n) is 1.16. The highest BCUT2D eigenvalue weighted by atomic mass is 16.7. The van der Waals surface area contributed by atoms with Gasteiger partial charge in [-0.3, -0.25) is 4.79 Å². The van der Waals surface area contributed by atoms with Crippen LogP contribution in [0.2, 0.25) is 0 Å². The predicted octanol–water partition coefficient (Wildman–Crippen LogP) is -0.0357. The Morgan fingerprint density at radius 1 is 1.67 bits per heavy atom. The molecule has 1 rings (SSSR count). The SMILES string of the molecule is CCOC(=O)C(=O)C1=COCO1. The van der Waals surface area contributed by atoms with Crippen molar-refractivity contribution in [3.63, 3.8) is 0 Å². The molecular formula is C7H8O5. The fourth-order valence-electron chi connectivity index (χ4n) is 0.658. The normalized spacial score (nSPS) is 14.2. The first-order valence-corrected chi connectivity index (χ1v) is 3.41. The number of ether oxygens (including phenoxy) is 3. The van der Waals surface area contributed by atoms with E-state index < -0.39 is 11.8 Å². The van der Waals surface area contributed by atoms with Crippen molar-refractivity contribution in [1.29, 1.82) is 0 Å². The standard InChI is InChI=1S/C7H8O5/c1-2-11-7(9)6(8)5-3-10-4-12-5/h3H,2,4H2,1H3. The molecule has 0 aliphatic carbocycles. The molecule has 66 valence electrons. The average Bonchev–Trinajstić information content (AvgIpc) is 2.55. The van der Waals surface area contributed by atoms with E-state index in [-0.39, 0.29) is 19.2 Å². The Morgan fingerprint density at radius 3 is 2.92 bits per heavy atom. The highest BCUT2D eigenvalue weighted by molar-refractivity contribution is 6.39. The van der Waals surface area contributed by atoms with Gasteiger partial charge in [0.1, 0.15) is 6.26 Å². The van der Waals surface area contributed by atoms with Crippen LogP contribution in [0.1, 0.15) is 6.92 Å². The predicted molar refractivity (Wildman–Crippen MR) is 36.8 cm³/mol. The fourth-order valence-corrected chi connectivity index (χ4v) is 0.658. The van der Waals surface area contributed by atoms with Gasteiger partial charge in [-0.25, -0.2) is 4.79 Å². The largest absolute Gasteiger partial charge is 0.461 e. The Kier molecular flexibility index (Phi) is 2.68. The summed E-state index contributed by atoms with van der Waals surface area (Å²) in [4.78, 5) is 21.8. The molecule has 0 amide bonds. The molecule has 0 N–H and O–H groups in total. The summed E-state index contributed by atoms with van der Waals surface area (Å²) in [6, 6.07) is 0. The topological polar surface area (TPSA) is 61.8 Å². The smallest absolute Gasteiger partial charge is 0.383 e. The second-order valence-electron chi connectivity index (χ2n) is 1.96. The zero-order valence-corrected chi connectivity index (χ0v) is 6.53. The lowest BCUT2D eigenvalue weighted by molar-refractivity contribution is -0.153. The molecule has 0 aromatic heterocycles. The molecule has 1 aliphatic rings. The minimum atomic E-state index is -0.922. The molecule has 1 aliphatic heterocycles. The van der Waals surface area contributed by atoms with Gasteiger partial charge in [-0.15, -0.1) is 0 Å². The number of ketones is 1. The molecule has 0 aromatic rings. The van der Waals surface area contributed by atoms with Crippen molar-refractivity contribution in [3.05, 3.63) is 12.0 Å². The lowest BCUT2D eigenvalue weighted by atomic mass is 10.3. The first-order chi connectivity index (χ1) is 5.75. The van der Waals surface area contributed by atoms with Crippen molar-refractivity contribution in [1.82, 2.24) is 0 Å². The molecule has 0 fully saturated rings. The summed E-state index contributed by atoms with van der Waals surface area (Å²) < 4.78 is 13.7. The second-order valence-corrected chi connectivity index (χ2v) is 1.96. The number of Topliss-reactive ketones (excluding diaryl/α,β-unsaturated/α-hetero) is 1. The summed E-state index contributed by atoms with van der Waals surface area (Å²) >= 11 is 0. The van der Waals surface area contributed by atoms with Crippen LogP contribution in [0.5, 0.6) is 0 Å². The van der Waals surface area contributed by atoms with Gasteiger partial charge in [-0.2, -0.15) is 0 Å². The van der Waals surface area contributed by atoms with Gasteiger partial charge in [0.05, 0.1) is 6.61 Å². The van der Waals surface area contributed by atoms with E-state index in [9.17, 15) is 9.59 Å². The van der Waals surface area contributed by atoms with Crippen LogP contribution in [0.25, 0.3) is 0 Å². The minimum absolute atomic E-state index is 0.0273. The molecule has 12 heavy (non-hydrogen) atoms. The Labute approximate surface area is 68.9 Å². The quantitative estimate of drug-likeness (QED) is 0.441. The summed E-state index contributed by atoms with van der Waals surface area (Å²) in [6.45, 7) is 1.75. The maximum atomic E-state index is 11.0. The van der Waals surface area contributed by atoms with Crippen LogP contribution in [-0.4, -0.2) is 25.2 Å². The first-order valence-electron chi connectivity index (χ1n) is 3.41. The maximum absolute atomic E-state index is 11.0. The average molecular weight is 172 g/mol. The molecule has 0 saturated carbocycles. The third-order valence-corrected chi connectivity index (χ3v) is 1.16. The summed E-state index contributed by atoms with van der Waals surface area (Å²) in [7, 11) is 0.